The molecule has 5 nitrogen and oxygen atoms in total. The van der Waals surface area contributed by atoms with Gasteiger partial charge in [-0.1, -0.05) is 35.2 Å². The van der Waals surface area contributed by atoms with E-state index in [1.54, 1.807) is 13.2 Å². The number of nitrogens with one attached hydrogen (secondary N) is 1. The molecule has 0 radical (unpaired) electrons. The van der Waals surface area contributed by atoms with Gasteiger partial charge >= 0.3 is 0 Å². The molecule has 1 amide bonds. The number of hydrogen-bond donors (Lipinski definition) is 1. The highest BCUT2D eigenvalue weighted by molar-refractivity contribution is 8.00. The van der Waals surface area contributed by atoms with Gasteiger partial charge in [0.15, 0.2) is 4.34 Å². The molecule has 7 heteroatoms. The molecule has 0 aliphatic heterocycles. The quantitative estimate of drug-likeness (QED) is 0.523. The molecule has 0 aliphatic carbocycles. The van der Waals surface area contributed by atoms with Crippen molar-refractivity contribution in [3.8, 4) is 5.75 Å². The van der Waals surface area contributed by atoms with Crippen molar-refractivity contribution in [1.29, 1.82) is 0 Å². The number of rotatable bonds is 5. The lowest BCUT2D eigenvalue weighted by molar-refractivity contribution is -0.111. The fourth-order valence-electron chi connectivity index (χ4n) is 1.38. The molecule has 0 bridgehead atoms. The summed E-state index contributed by atoms with van der Waals surface area (Å²) in [7, 11) is 1.61. The Morgan fingerprint density at radius 1 is 1.35 bits per heavy atom. The van der Waals surface area contributed by atoms with Gasteiger partial charge in [0.05, 0.1) is 7.11 Å². The van der Waals surface area contributed by atoms with E-state index in [4.69, 9.17) is 4.74 Å². The lowest BCUT2D eigenvalue weighted by atomic mass is 10.2. The first kappa shape index (κ1) is 14.5. The first-order chi connectivity index (χ1) is 9.71. The van der Waals surface area contributed by atoms with Crippen LogP contribution in [0.2, 0.25) is 0 Å². The molecule has 104 valence electrons. The van der Waals surface area contributed by atoms with E-state index < -0.39 is 0 Å². The highest BCUT2D eigenvalue weighted by Gasteiger charge is 2.04. The molecule has 0 saturated carbocycles. The molecule has 1 aromatic heterocycles. The van der Waals surface area contributed by atoms with Gasteiger partial charge in [-0.3, -0.25) is 10.1 Å². The van der Waals surface area contributed by atoms with Crippen molar-refractivity contribution < 1.29 is 9.53 Å². The molecule has 1 aromatic carbocycles. The van der Waals surface area contributed by atoms with Crippen LogP contribution in [0.1, 0.15) is 5.56 Å². The first-order valence-corrected chi connectivity index (χ1v) is 7.76. The highest BCUT2D eigenvalue weighted by atomic mass is 32.2. The SMILES string of the molecule is COc1ccc(/C=C/C(=O)Nc2nnc(SC)s2)cc1. The topological polar surface area (TPSA) is 64.1 Å². The van der Waals surface area contributed by atoms with E-state index in [0.29, 0.717) is 5.13 Å². The second-order valence-corrected chi connectivity index (χ2v) is 5.70. The van der Waals surface area contributed by atoms with Crippen LogP contribution in [-0.2, 0) is 4.79 Å². The second-order valence-electron chi connectivity index (χ2n) is 3.67. The molecule has 0 unspecified atom stereocenters. The molecular formula is C13H13N3O2S2. The van der Waals surface area contributed by atoms with Crippen molar-refractivity contribution in [3.05, 3.63) is 35.9 Å². The molecule has 0 saturated heterocycles. The van der Waals surface area contributed by atoms with Crippen LogP contribution in [0.3, 0.4) is 0 Å². The Morgan fingerprint density at radius 3 is 2.70 bits per heavy atom. The van der Waals surface area contributed by atoms with Gasteiger partial charge in [0, 0.05) is 6.08 Å². The lowest BCUT2D eigenvalue weighted by Crippen LogP contribution is -2.07. The van der Waals surface area contributed by atoms with Gasteiger partial charge in [-0.15, -0.1) is 10.2 Å². The fraction of sp³-hybridized carbons (Fsp3) is 0.154. The van der Waals surface area contributed by atoms with Crippen LogP contribution >= 0.6 is 23.1 Å². The third-order valence-electron chi connectivity index (χ3n) is 2.35. The van der Waals surface area contributed by atoms with E-state index in [9.17, 15) is 4.79 Å². The Hall–Kier alpha value is -1.86. The van der Waals surface area contributed by atoms with Crippen LogP contribution in [0.4, 0.5) is 5.13 Å². The smallest absolute Gasteiger partial charge is 0.250 e. The van der Waals surface area contributed by atoms with Gasteiger partial charge in [0.2, 0.25) is 11.0 Å². The zero-order valence-electron chi connectivity index (χ0n) is 11.0. The molecule has 1 N–H and O–H groups in total. The van der Waals surface area contributed by atoms with Crippen LogP contribution in [-0.4, -0.2) is 29.5 Å². The summed E-state index contributed by atoms with van der Waals surface area (Å²) in [6.45, 7) is 0. The Bertz CT molecular complexity index is 608. The molecule has 20 heavy (non-hydrogen) atoms. The predicted octanol–water partition coefficient (Wildman–Crippen LogP) is 2.92. The highest BCUT2D eigenvalue weighted by Crippen LogP contribution is 2.23. The summed E-state index contributed by atoms with van der Waals surface area (Å²) in [6.07, 6.45) is 5.10. The van der Waals surface area contributed by atoms with Gasteiger partial charge in [-0.2, -0.15) is 0 Å². The molecular weight excluding hydrogens is 294 g/mol. The number of methoxy groups -OCH3 is 1. The van der Waals surface area contributed by atoms with E-state index in [2.05, 4.69) is 15.5 Å². The summed E-state index contributed by atoms with van der Waals surface area (Å²) in [6, 6.07) is 7.43. The summed E-state index contributed by atoms with van der Waals surface area (Å²) < 4.78 is 5.89. The number of thioether (sulfide) groups is 1. The molecule has 0 atom stereocenters. The number of carbonyl (C=O) groups is 1. The van der Waals surface area contributed by atoms with Crippen molar-refractivity contribution in [2.45, 2.75) is 4.34 Å². The second kappa shape index (κ2) is 7.06. The Morgan fingerprint density at radius 2 is 2.10 bits per heavy atom. The lowest BCUT2D eigenvalue weighted by Gasteiger charge is -1.99. The number of anilines is 1. The summed E-state index contributed by atoms with van der Waals surface area (Å²) in [4.78, 5) is 11.7. The van der Waals surface area contributed by atoms with Crippen LogP contribution < -0.4 is 10.1 Å². The van der Waals surface area contributed by atoms with Crippen LogP contribution in [0.25, 0.3) is 6.08 Å². The minimum absolute atomic E-state index is 0.232. The van der Waals surface area contributed by atoms with Crippen LogP contribution in [0.5, 0.6) is 5.75 Å². The Kier molecular flexibility index (Phi) is 5.14. The molecule has 1 heterocycles. The average Bonchev–Trinajstić information content (AvgIpc) is 2.93. The fourth-order valence-corrected chi connectivity index (χ4v) is 2.55. The minimum atomic E-state index is -0.232. The standard InChI is InChI=1S/C13H13N3O2S2/c1-18-10-6-3-9(4-7-10)5-8-11(17)14-12-15-16-13(19-2)20-12/h3-8H,1-2H3,(H,14,15,17)/b8-5+. The van der Waals surface area contributed by atoms with Crippen molar-refractivity contribution in [1.82, 2.24) is 10.2 Å². The number of hydrogen-bond acceptors (Lipinski definition) is 6. The van der Waals surface area contributed by atoms with Crippen LogP contribution in [0, 0.1) is 0 Å². The number of aromatic nitrogens is 2. The predicted molar refractivity (Wildman–Crippen MR) is 82.3 cm³/mol. The molecule has 0 fully saturated rings. The summed E-state index contributed by atoms with van der Waals surface area (Å²) >= 11 is 2.84. The summed E-state index contributed by atoms with van der Waals surface area (Å²) in [5, 5.41) is 10.9. The average molecular weight is 307 g/mol. The van der Waals surface area contributed by atoms with Crippen molar-refractivity contribution in [2.24, 2.45) is 0 Å². The number of nitrogens with zero attached hydrogens (tertiary/aromatic N) is 2. The normalized spacial score (nSPS) is 10.7. The number of ether oxygens (including phenoxy) is 1. The maximum atomic E-state index is 11.7. The molecule has 2 aromatic rings. The Labute approximate surface area is 125 Å². The monoisotopic (exact) mass is 307 g/mol. The van der Waals surface area contributed by atoms with Gasteiger partial charge in [0.25, 0.3) is 0 Å². The van der Waals surface area contributed by atoms with Crippen molar-refractivity contribution in [2.75, 3.05) is 18.7 Å². The summed E-state index contributed by atoms with van der Waals surface area (Å²) in [5.74, 6) is 0.551. The zero-order valence-corrected chi connectivity index (χ0v) is 12.6. The minimum Gasteiger partial charge on any atom is -0.497 e. The maximum Gasteiger partial charge on any atom is 0.250 e. The van der Waals surface area contributed by atoms with Gasteiger partial charge < -0.3 is 4.74 Å². The third kappa shape index (κ3) is 4.07. The number of benzene rings is 1. The van der Waals surface area contributed by atoms with E-state index in [1.807, 2.05) is 30.5 Å². The van der Waals surface area contributed by atoms with Gasteiger partial charge in [0.1, 0.15) is 5.75 Å². The van der Waals surface area contributed by atoms with E-state index >= 15 is 0 Å². The maximum absolute atomic E-state index is 11.7. The van der Waals surface area contributed by atoms with E-state index in [-0.39, 0.29) is 5.91 Å². The van der Waals surface area contributed by atoms with Crippen molar-refractivity contribution >= 4 is 40.2 Å². The zero-order chi connectivity index (χ0) is 14.4. The Balaban J connectivity index is 1.94. The first-order valence-electron chi connectivity index (χ1n) is 5.72. The van der Waals surface area contributed by atoms with Crippen LogP contribution in [0.15, 0.2) is 34.7 Å². The third-order valence-corrected chi connectivity index (χ3v) is 4.17. The van der Waals surface area contributed by atoms with Gasteiger partial charge in [-0.25, -0.2) is 0 Å². The molecule has 2 rings (SSSR count). The van der Waals surface area contributed by atoms with E-state index in [0.717, 1.165) is 15.7 Å². The largest absolute Gasteiger partial charge is 0.497 e. The van der Waals surface area contributed by atoms with E-state index in [1.165, 1.54) is 29.2 Å². The van der Waals surface area contributed by atoms with Crippen molar-refractivity contribution in [3.63, 3.8) is 0 Å². The number of carbonyl (C=O) groups excluding carboxylic acids is 1. The molecule has 0 aliphatic rings. The molecule has 0 spiro atoms. The van der Waals surface area contributed by atoms with Gasteiger partial charge in [-0.05, 0) is 30.0 Å². The number of amides is 1. The summed E-state index contributed by atoms with van der Waals surface area (Å²) in [5.41, 5.74) is 0.919.